The van der Waals surface area contributed by atoms with Gasteiger partial charge in [0.1, 0.15) is 0 Å². The summed E-state index contributed by atoms with van der Waals surface area (Å²) in [7, 11) is 0. The predicted octanol–water partition coefficient (Wildman–Crippen LogP) is -0.0750. The molecule has 2 heteroatoms. The van der Waals surface area contributed by atoms with Crippen molar-refractivity contribution >= 4 is 0 Å². The minimum Gasteiger partial charge on any atom is -1.00 e. The van der Waals surface area contributed by atoms with Gasteiger partial charge in [0.2, 0.25) is 0 Å². The van der Waals surface area contributed by atoms with Crippen LogP contribution in [0.1, 0.15) is 1.43 Å². The van der Waals surface area contributed by atoms with E-state index in [0.29, 0.717) is 0 Å². The van der Waals surface area contributed by atoms with Gasteiger partial charge in [-0.25, -0.2) is 12.1 Å². The molecule has 0 atom stereocenters. The maximum atomic E-state index is 2.00. The maximum absolute atomic E-state index is 2.00. The Morgan fingerprint density at radius 2 is 1.08 bits per heavy atom. The van der Waals surface area contributed by atoms with Gasteiger partial charge in [0.05, 0.1) is 0 Å². The molecule has 0 heterocycles. The molecule has 12 heavy (non-hydrogen) atoms. The smallest absolute Gasteiger partial charge is 0 e. The van der Waals surface area contributed by atoms with Crippen LogP contribution in [-0.2, 0) is 21.7 Å². The zero-order chi connectivity index (χ0) is 7.07. The van der Waals surface area contributed by atoms with Gasteiger partial charge in [0.15, 0.2) is 0 Å². The fraction of sp³-hybridized carbons (Fsp3) is 0. The number of hydrogen-bond donors (Lipinski definition) is 0. The molecule has 2 aromatic carbocycles. The second-order valence-corrected chi connectivity index (χ2v) is 1.92. The van der Waals surface area contributed by atoms with Crippen molar-refractivity contribution in [2.24, 2.45) is 0 Å². The molecule has 0 fully saturated rings. The summed E-state index contributed by atoms with van der Waals surface area (Å²) in [5.74, 6) is 0. The normalized spacial score (nSPS) is 6.67. The largest absolute Gasteiger partial charge is 1.00 e. The molecule has 0 N–H and O–H groups in total. The first kappa shape index (κ1) is 14.2. The molecule has 0 amide bonds. The molecule has 0 saturated carbocycles. The average molecular weight is 215 g/mol. The average Bonchev–Trinajstić information content (AvgIpc) is 2.67. The minimum absolute atomic E-state index is 0. The van der Waals surface area contributed by atoms with E-state index < -0.39 is 0 Å². The van der Waals surface area contributed by atoms with E-state index in [4.69, 9.17) is 0 Å². The molecular formula is C10H11ClTi-8. The SMILES string of the molecule is [Cl-].[H-].[Ti].[cH-]1[cH-][cH-][cH-][cH-]1.c1cc[cH-]c1. The summed E-state index contributed by atoms with van der Waals surface area (Å²) in [6.07, 6.45) is 0. The molecule has 0 aliphatic rings. The van der Waals surface area contributed by atoms with Crippen molar-refractivity contribution in [1.29, 1.82) is 0 Å². The van der Waals surface area contributed by atoms with E-state index >= 15 is 0 Å². The van der Waals surface area contributed by atoms with Crippen LogP contribution >= 0.6 is 0 Å². The Morgan fingerprint density at radius 3 is 1.25 bits per heavy atom. The van der Waals surface area contributed by atoms with Gasteiger partial charge in [-0.3, -0.25) is 0 Å². The summed E-state index contributed by atoms with van der Waals surface area (Å²) in [4.78, 5) is 0. The van der Waals surface area contributed by atoms with Gasteiger partial charge in [-0.15, -0.1) is 0 Å². The van der Waals surface area contributed by atoms with Crippen LogP contribution in [0.3, 0.4) is 0 Å². The van der Waals surface area contributed by atoms with E-state index in [1.807, 2.05) is 60.7 Å². The molecule has 0 aliphatic carbocycles. The third-order valence-corrected chi connectivity index (χ3v) is 1.11. The van der Waals surface area contributed by atoms with Crippen LogP contribution in [0.15, 0.2) is 60.7 Å². The Hall–Kier alpha value is -0.296. The first-order valence-electron chi connectivity index (χ1n) is 3.33. The van der Waals surface area contributed by atoms with E-state index in [2.05, 4.69) is 0 Å². The second kappa shape index (κ2) is 10.7. The Bertz CT molecular complexity index is 154. The first-order chi connectivity index (χ1) is 5.00. The minimum atomic E-state index is 0. The number of rotatable bonds is 0. The Morgan fingerprint density at radius 1 is 0.750 bits per heavy atom. The third kappa shape index (κ3) is 7.81. The van der Waals surface area contributed by atoms with Crippen molar-refractivity contribution in [2.75, 3.05) is 0 Å². The summed E-state index contributed by atoms with van der Waals surface area (Å²) in [5.41, 5.74) is 0. The number of hydrogen-bond acceptors (Lipinski definition) is 0. The van der Waals surface area contributed by atoms with Crippen molar-refractivity contribution < 1.29 is 35.6 Å². The van der Waals surface area contributed by atoms with Gasteiger partial charge >= 0.3 is 0 Å². The molecule has 70 valence electrons. The summed E-state index contributed by atoms with van der Waals surface area (Å²) >= 11 is 0. The molecule has 0 spiro atoms. The first-order valence-corrected chi connectivity index (χ1v) is 3.33. The van der Waals surface area contributed by atoms with Crippen molar-refractivity contribution in [1.82, 2.24) is 0 Å². The van der Waals surface area contributed by atoms with E-state index in [0.717, 1.165) is 0 Å². The third-order valence-electron chi connectivity index (χ3n) is 1.11. The quantitative estimate of drug-likeness (QED) is 0.425. The Kier molecular flexibility index (Phi) is 12.7. The maximum Gasteiger partial charge on any atom is 0 e. The number of halogens is 1. The van der Waals surface area contributed by atoms with Crippen molar-refractivity contribution in [3.05, 3.63) is 60.7 Å². The standard InChI is InChI=1S/2C5H5.ClH.Ti.H/c2*1-2-4-5-3-1;;;/h2*1-5H;1H;;/q-5;-1;;;-1/p-1. The van der Waals surface area contributed by atoms with E-state index in [1.165, 1.54) is 0 Å². The topological polar surface area (TPSA) is 0 Å². The molecule has 0 aliphatic heterocycles. The van der Waals surface area contributed by atoms with Gasteiger partial charge < -0.3 is 44.2 Å². The zero-order valence-corrected chi connectivity index (χ0v) is 8.97. The van der Waals surface area contributed by atoms with E-state index in [-0.39, 0.29) is 35.6 Å². The molecule has 2 aromatic rings. The molecule has 0 bridgehead atoms. The Labute approximate surface area is 96.1 Å². The monoisotopic (exact) mass is 214 g/mol. The van der Waals surface area contributed by atoms with Crippen LogP contribution in [-0.4, -0.2) is 0 Å². The van der Waals surface area contributed by atoms with Crippen LogP contribution in [0.4, 0.5) is 0 Å². The zero-order valence-electron chi connectivity index (χ0n) is 7.65. The summed E-state index contributed by atoms with van der Waals surface area (Å²) in [5, 5.41) is 0. The van der Waals surface area contributed by atoms with Crippen molar-refractivity contribution in [3.8, 4) is 0 Å². The summed E-state index contributed by atoms with van der Waals surface area (Å²) in [6.45, 7) is 0. The van der Waals surface area contributed by atoms with Crippen molar-refractivity contribution in [2.45, 2.75) is 0 Å². The molecular weight excluding hydrogens is 203 g/mol. The van der Waals surface area contributed by atoms with Gasteiger partial charge in [-0.1, -0.05) is 0 Å². The molecule has 0 aromatic heterocycles. The van der Waals surface area contributed by atoms with Crippen LogP contribution in [0.2, 0.25) is 0 Å². The molecule has 2 rings (SSSR count). The van der Waals surface area contributed by atoms with Gasteiger partial charge in [-0.05, 0) is 0 Å². The summed E-state index contributed by atoms with van der Waals surface area (Å²) < 4.78 is 0. The van der Waals surface area contributed by atoms with Crippen molar-refractivity contribution in [3.63, 3.8) is 0 Å². The fourth-order valence-electron chi connectivity index (χ4n) is 0.642. The van der Waals surface area contributed by atoms with Crippen LogP contribution in [0, 0.1) is 0 Å². The van der Waals surface area contributed by atoms with Gasteiger partial charge in [-0.2, -0.15) is 18.2 Å². The van der Waals surface area contributed by atoms with E-state index in [1.54, 1.807) is 0 Å². The van der Waals surface area contributed by atoms with Crippen LogP contribution < -0.4 is 12.4 Å². The van der Waals surface area contributed by atoms with Crippen LogP contribution in [0.25, 0.3) is 0 Å². The van der Waals surface area contributed by atoms with Crippen LogP contribution in [0.5, 0.6) is 0 Å². The molecule has 0 saturated heterocycles. The predicted molar refractivity (Wildman–Crippen MR) is 45.2 cm³/mol. The fourth-order valence-corrected chi connectivity index (χ4v) is 0.642. The Balaban J connectivity index is -0.000000125. The summed E-state index contributed by atoms with van der Waals surface area (Å²) in [6, 6.07) is 20.0. The molecule has 0 nitrogen and oxygen atoms in total. The van der Waals surface area contributed by atoms with Gasteiger partial charge in [0, 0.05) is 21.7 Å². The molecule has 0 radical (unpaired) electrons. The second-order valence-electron chi connectivity index (χ2n) is 1.92. The van der Waals surface area contributed by atoms with E-state index in [9.17, 15) is 0 Å². The molecule has 0 unspecified atom stereocenters. The van der Waals surface area contributed by atoms with Gasteiger partial charge in [0.25, 0.3) is 0 Å².